The summed E-state index contributed by atoms with van der Waals surface area (Å²) in [5, 5.41) is 28.3. The van der Waals surface area contributed by atoms with Crippen molar-refractivity contribution in [1.82, 2.24) is 58.2 Å². The second-order valence-electron chi connectivity index (χ2n) is 30.7. The maximum absolute atomic E-state index is 15.6. The van der Waals surface area contributed by atoms with Gasteiger partial charge >= 0.3 is 12.1 Å². The molecule has 0 saturated carbocycles. The zero-order chi connectivity index (χ0) is 83.6. The van der Waals surface area contributed by atoms with Gasteiger partial charge in [-0.2, -0.15) is 0 Å². The predicted octanol–water partition coefficient (Wildman–Crippen LogP) is 7.25. The van der Waals surface area contributed by atoms with Crippen LogP contribution in [-0.2, 0) is 84.5 Å². The van der Waals surface area contributed by atoms with E-state index in [-0.39, 0.29) is 63.1 Å². The van der Waals surface area contributed by atoms with E-state index in [0.717, 1.165) is 46.6 Å². The number of methoxy groups -OCH3 is 1. The van der Waals surface area contributed by atoms with Crippen LogP contribution in [-0.4, -0.2) is 178 Å². The number of aryl methyl sites for hydroxylation is 1. The molecule has 0 fully saturated rings. The summed E-state index contributed by atoms with van der Waals surface area (Å²) < 4.78 is 19.0. The second kappa shape index (κ2) is 41.9. The van der Waals surface area contributed by atoms with Gasteiger partial charge in [-0.05, 0) is 148 Å². The standard InChI is InChI=1S/C83H112N12O16S2/c1-50-29-28-36-61-56(48-87-67(50)61)46-63(72(101)90-62(37-26-27-42-85-52(3)96)71(100)95-69(81(12,13)112-49-88-53(4)97)75(104)93-65(77(106)108-16)45-55-38-40-60(41-39-55)109-44-43-86-78(107)111-80(9,10)11)91-74(103)68(51(2)110-79(6,7)8)94-73(102)64(47-66(84)99)92-76(105)70(89-54(5)98)82(14,15)113-83(57-30-20-17-21-31-57,58-32-22-18-23-33-58)59-34-24-19-25-35-59/h17-25,28-36,38-41,48,51,62-65,68-70,87H,26-27,37,42-47,49H2,1-16H3,(H2,84,99)(H,85,96)(H,86,107)(H,88,97)(H,89,98)(H,90,101)(H,91,103)(H,92,105)(H,93,104)(H,94,102)(H,95,100)/t51-,62+,63+,64+,65+,68+,69-,70-/m1/s1. The highest BCUT2D eigenvalue weighted by Gasteiger charge is 2.49. The van der Waals surface area contributed by atoms with E-state index < -0.39 is 140 Å². The van der Waals surface area contributed by atoms with Crippen molar-refractivity contribution in [3.05, 3.63) is 173 Å². The number of primary amides is 1. The van der Waals surface area contributed by atoms with Crippen LogP contribution in [0.15, 0.2) is 140 Å². The number of hydrogen-bond acceptors (Lipinski definition) is 18. The monoisotopic (exact) mass is 1600 g/mol. The zero-order valence-corrected chi connectivity index (χ0v) is 69.0. The number of carbonyl (C=O) groups is 12. The van der Waals surface area contributed by atoms with Gasteiger partial charge in [0.05, 0.1) is 42.4 Å². The number of alkyl carbamates (subject to hydrolysis) is 1. The van der Waals surface area contributed by atoms with Crippen molar-refractivity contribution in [2.75, 3.05) is 32.7 Å². The van der Waals surface area contributed by atoms with E-state index in [9.17, 15) is 28.8 Å². The maximum Gasteiger partial charge on any atom is 0.407 e. The Balaban J connectivity index is 1.36. The molecular formula is C83H112N12O16S2. The summed E-state index contributed by atoms with van der Waals surface area (Å²) in [6.07, 6.45) is -0.938. The van der Waals surface area contributed by atoms with Gasteiger partial charge in [0.15, 0.2) is 0 Å². The fourth-order valence-electron chi connectivity index (χ4n) is 12.7. The number of fused-ring (bicyclic) bond motifs is 1. The van der Waals surface area contributed by atoms with Crippen LogP contribution >= 0.6 is 23.5 Å². The molecule has 0 unspecified atom stereocenters. The Hall–Kier alpha value is -10.5. The zero-order valence-electron chi connectivity index (χ0n) is 67.4. The largest absolute Gasteiger partial charge is 0.492 e. The number of nitrogens with one attached hydrogen (secondary N) is 11. The van der Waals surface area contributed by atoms with Crippen molar-refractivity contribution in [2.45, 2.75) is 216 Å². The van der Waals surface area contributed by atoms with Gasteiger partial charge in [-0.25, -0.2) is 9.59 Å². The van der Waals surface area contributed by atoms with E-state index in [4.69, 9.17) is 24.7 Å². The lowest BCUT2D eigenvalue weighted by Crippen LogP contribution is -2.64. The molecule has 0 aliphatic rings. The number of rotatable bonds is 41. The summed E-state index contributed by atoms with van der Waals surface area (Å²) in [5.74, 6) is -8.39. The molecule has 0 bridgehead atoms. The number of ether oxygens (including phenoxy) is 4. The Kier molecular flexibility index (Phi) is 33.9. The number of thioether (sulfide) groups is 2. The van der Waals surface area contributed by atoms with E-state index in [0.29, 0.717) is 28.7 Å². The third-order valence-electron chi connectivity index (χ3n) is 18.1. The fraction of sp³-hybridized carbons (Fsp3) is 0.470. The molecule has 5 aromatic carbocycles. The molecule has 0 spiro atoms. The summed E-state index contributed by atoms with van der Waals surface area (Å²) in [5.41, 5.74) is 9.40. The van der Waals surface area contributed by atoms with Crippen molar-refractivity contribution in [3.8, 4) is 5.75 Å². The SMILES string of the molecule is COC(=O)[C@H](Cc1ccc(OCCNC(=O)OC(C)(C)C)cc1)NC(=O)[C@@H](NC(=O)[C@H](CCCCNC(C)=O)NC(=O)[C@H](Cc1c[nH]c2c(C)cccc12)NC(=O)[C@@H](NC(=O)[C@H](CC(N)=O)NC(=O)[C@@H](NC(C)=O)C(C)(C)SC(c1ccccc1)(c1ccccc1)c1ccccc1)[C@@H](C)OC(C)(C)C)C(C)(C)SCNC(C)=O. The van der Waals surface area contributed by atoms with Crippen molar-refractivity contribution in [2.24, 2.45) is 5.73 Å². The lowest BCUT2D eigenvalue weighted by Gasteiger charge is -2.44. The first kappa shape index (κ1) is 91.4. The normalized spacial score (nSPS) is 13.9. The second-order valence-corrected chi connectivity index (χ2v) is 34.2. The molecule has 6 rings (SSSR count). The summed E-state index contributed by atoms with van der Waals surface area (Å²) in [4.78, 5) is 172. The Morgan fingerprint density at radius 1 is 0.513 bits per heavy atom. The van der Waals surface area contributed by atoms with Crippen LogP contribution in [0.5, 0.6) is 5.75 Å². The number of nitrogens with two attached hydrogens (primary N) is 1. The number of aromatic nitrogens is 1. The third-order valence-corrected chi connectivity index (χ3v) is 21.1. The van der Waals surface area contributed by atoms with Crippen molar-refractivity contribution < 1.29 is 76.5 Å². The summed E-state index contributed by atoms with van der Waals surface area (Å²) in [6.45, 7) is 24.9. The Bertz CT molecular complexity index is 4150. The molecule has 11 amide bonds. The Morgan fingerprint density at radius 2 is 1.04 bits per heavy atom. The van der Waals surface area contributed by atoms with Crippen LogP contribution in [0.4, 0.5) is 4.79 Å². The topological polar surface area (TPSA) is 404 Å². The van der Waals surface area contributed by atoms with E-state index in [1.54, 1.807) is 99.7 Å². The van der Waals surface area contributed by atoms with Crippen LogP contribution in [0.25, 0.3) is 10.9 Å². The average molecular weight is 1600 g/mol. The molecule has 1 aromatic heterocycles. The average Bonchev–Trinajstić information content (AvgIpc) is 1.08. The van der Waals surface area contributed by atoms with Gasteiger partial charge in [-0.1, -0.05) is 121 Å². The highest BCUT2D eigenvalue weighted by Crippen LogP contribution is 2.54. The molecule has 113 heavy (non-hydrogen) atoms. The fourth-order valence-corrected chi connectivity index (χ4v) is 15.6. The number of aromatic amines is 1. The van der Waals surface area contributed by atoms with E-state index in [1.165, 1.54) is 39.5 Å². The minimum atomic E-state index is -1.80. The molecule has 6 aromatic rings. The van der Waals surface area contributed by atoms with Crippen molar-refractivity contribution >= 4 is 106 Å². The highest BCUT2D eigenvalue weighted by atomic mass is 32.2. The maximum atomic E-state index is 15.6. The molecule has 28 nitrogen and oxygen atoms in total. The smallest absolute Gasteiger partial charge is 0.407 e. The molecule has 0 aliphatic carbocycles. The molecule has 0 saturated heterocycles. The lowest BCUT2D eigenvalue weighted by atomic mass is 9.84. The van der Waals surface area contributed by atoms with Gasteiger partial charge in [0.2, 0.25) is 59.1 Å². The number of esters is 1. The van der Waals surface area contributed by atoms with Crippen molar-refractivity contribution in [3.63, 3.8) is 0 Å². The van der Waals surface area contributed by atoms with Crippen LogP contribution in [0.1, 0.15) is 156 Å². The number of benzene rings is 5. The van der Waals surface area contributed by atoms with Crippen LogP contribution in [0, 0.1) is 6.92 Å². The highest BCUT2D eigenvalue weighted by molar-refractivity contribution is 8.02. The predicted molar refractivity (Wildman–Crippen MR) is 436 cm³/mol. The first-order valence-corrected chi connectivity index (χ1v) is 39.3. The van der Waals surface area contributed by atoms with Crippen LogP contribution < -0.4 is 63.6 Å². The number of hydrogen-bond donors (Lipinski definition) is 12. The molecule has 0 aliphatic heterocycles. The summed E-state index contributed by atoms with van der Waals surface area (Å²) in [7, 11) is 1.15. The van der Waals surface area contributed by atoms with Gasteiger partial charge in [0.25, 0.3) is 0 Å². The number of unbranched alkanes of at least 4 members (excludes halogenated alkanes) is 1. The summed E-state index contributed by atoms with van der Waals surface area (Å²) in [6, 6.07) is 30.2. The number of amides is 11. The number of para-hydroxylation sites is 1. The van der Waals surface area contributed by atoms with Gasteiger partial charge in [0.1, 0.15) is 60.3 Å². The molecule has 612 valence electrons. The minimum Gasteiger partial charge on any atom is -0.492 e. The molecule has 8 atom stereocenters. The quantitative estimate of drug-likeness (QED) is 0.00778. The van der Waals surface area contributed by atoms with Gasteiger partial charge in [-0.15, -0.1) is 23.5 Å². The Morgan fingerprint density at radius 3 is 1.58 bits per heavy atom. The Labute approximate surface area is 670 Å². The van der Waals surface area contributed by atoms with Crippen LogP contribution in [0.3, 0.4) is 0 Å². The first-order valence-electron chi connectivity index (χ1n) is 37.5. The number of H-pyrrole nitrogens is 1. The minimum absolute atomic E-state index is 0.0366. The summed E-state index contributed by atoms with van der Waals surface area (Å²) >= 11 is 2.47. The van der Waals surface area contributed by atoms with Gasteiger partial charge in [0, 0.05) is 66.8 Å². The molecule has 0 radical (unpaired) electrons. The van der Waals surface area contributed by atoms with Crippen molar-refractivity contribution in [1.29, 1.82) is 0 Å². The van der Waals surface area contributed by atoms with Gasteiger partial charge < -0.3 is 82.8 Å². The lowest BCUT2D eigenvalue weighted by molar-refractivity contribution is -0.145. The van der Waals surface area contributed by atoms with E-state index in [1.807, 2.05) is 116 Å². The van der Waals surface area contributed by atoms with E-state index >= 15 is 28.8 Å². The molecule has 30 heteroatoms. The molecule has 1 heterocycles. The molecule has 13 N–H and O–H groups in total. The third kappa shape index (κ3) is 28.3. The first-order chi connectivity index (χ1) is 53.1. The number of carbonyl (C=O) groups excluding carboxylic acids is 12. The molecular weight excluding hydrogens is 1490 g/mol. The van der Waals surface area contributed by atoms with Crippen LogP contribution in [0.2, 0.25) is 0 Å². The van der Waals surface area contributed by atoms with E-state index in [2.05, 4.69) is 58.2 Å². The van der Waals surface area contributed by atoms with Gasteiger partial charge in [-0.3, -0.25) is 47.9 Å².